The van der Waals surface area contributed by atoms with Gasteiger partial charge in [-0.05, 0) is 72.5 Å². The van der Waals surface area contributed by atoms with Crippen molar-refractivity contribution in [2.75, 3.05) is 13.1 Å². The summed E-state index contributed by atoms with van der Waals surface area (Å²) in [7, 11) is 0. The summed E-state index contributed by atoms with van der Waals surface area (Å²) in [5.74, 6) is -0.389. The maximum atomic E-state index is 12.9. The van der Waals surface area contributed by atoms with E-state index < -0.39 is 0 Å². The van der Waals surface area contributed by atoms with Crippen LogP contribution in [0.5, 0.6) is 0 Å². The third kappa shape index (κ3) is 6.87. The molecule has 146 valence electrons. The van der Waals surface area contributed by atoms with Crippen molar-refractivity contribution in [3.63, 3.8) is 0 Å². The van der Waals surface area contributed by atoms with Gasteiger partial charge in [0.25, 0.3) is 0 Å². The minimum Gasteiger partial charge on any atom is -0.312 e. The van der Waals surface area contributed by atoms with Gasteiger partial charge in [-0.25, -0.2) is 8.78 Å². The number of hydrogen-bond donors (Lipinski definition) is 2. The van der Waals surface area contributed by atoms with Gasteiger partial charge in [-0.15, -0.1) is 0 Å². The van der Waals surface area contributed by atoms with Crippen molar-refractivity contribution < 1.29 is 8.78 Å². The van der Waals surface area contributed by atoms with Gasteiger partial charge >= 0.3 is 0 Å². The van der Waals surface area contributed by atoms with Crippen molar-refractivity contribution in [2.24, 2.45) is 0 Å². The molecule has 0 unspecified atom stereocenters. The number of nitrogens with one attached hydrogen (secondary N) is 2. The lowest BCUT2D eigenvalue weighted by atomic mass is 10.1. The molecular formula is C24H26F2N2. The Labute approximate surface area is 165 Å². The van der Waals surface area contributed by atoms with Gasteiger partial charge in [0.05, 0.1) is 0 Å². The number of halogens is 2. The lowest BCUT2D eigenvalue weighted by Crippen LogP contribution is -2.18. The molecule has 0 fully saturated rings. The molecule has 0 aliphatic rings. The van der Waals surface area contributed by atoms with E-state index in [2.05, 4.69) is 34.9 Å². The summed E-state index contributed by atoms with van der Waals surface area (Å²) in [5, 5.41) is 6.88. The van der Waals surface area contributed by atoms with Gasteiger partial charge in [0.15, 0.2) is 0 Å². The highest BCUT2D eigenvalue weighted by Gasteiger charge is 1.99. The Hall–Kier alpha value is -2.56. The lowest BCUT2D eigenvalue weighted by molar-refractivity contribution is 0.625. The molecular weight excluding hydrogens is 354 g/mol. The molecule has 0 saturated carbocycles. The van der Waals surface area contributed by atoms with E-state index in [1.807, 2.05) is 24.3 Å². The van der Waals surface area contributed by atoms with Crippen LogP contribution in [0, 0.1) is 11.6 Å². The molecule has 2 nitrogen and oxygen atoms in total. The average molecular weight is 380 g/mol. The fourth-order valence-electron chi connectivity index (χ4n) is 3.08. The summed E-state index contributed by atoms with van der Waals surface area (Å²) >= 11 is 0. The van der Waals surface area contributed by atoms with Crippen molar-refractivity contribution in [2.45, 2.75) is 25.9 Å². The fraction of sp³-hybridized carbons (Fsp3) is 0.250. The van der Waals surface area contributed by atoms with Gasteiger partial charge in [0.1, 0.15) is 11.6 Å². The quantitative estimate of drug-likeness (QED) is 0.501. The fourth-order valence-corrected chi connectivity index (χ4v) is 3.08. The van der Waals surface area contributed by atoms with Gasteiger partial charge in [-0.2, -0.15) is 0 Å². The average Bonchev–Trinajstić information content (AvgIpc) is 2.72. The van der Waals surface area contributed by atoms with Crippen LogP contribution in [0.4, 0.5) is 8.78 Å². The highest BCUT2D eigenvalue weighted by Crippen LogP contribution is 2.07. The third-order valence-electron chi connectivity index (χ3n) is 4.66. The predicted octanol–water partition coefficient (Wildman–Crippen LogP) is 4.63. The summed E-state index contributed by atoms with van der Waals surface area (Å²) < 4.78 is 25.8. The monoisotopic (exact) mass is 380 g/mol. The van der Waals surface area contributed by atoms with Crippen molar-refractivity contribution >= 4 is 0 Å². The van der Waals surface area contributed by atoms with Crippen molar-refractivity contribution in [3.05, 3.63) is 107 Å². The summed E-state index contributed by atoms with van der Waals surface area (Å²) in [4.78, 5) is 0. The summed E-state index contributed by atoms with van der Waals surface area (Å²) in [6.07, 6.45) is 1.76. The van der Waals surface area contributed by atoms with Crippen LogP contribution >= 0.6 is 0 Å². The van der Waals surface area contributed by atoms with E-state index in [0.29, 0.717) is 0 Å². The third-order valence-corrected chi connectivity index (χ3v) is 4.66. The highest BCUT2D eigenvalue weighted by molar-refractivity contribution is 5.23. The molecule has 3 aromatic carbocycles. The second-order valence-corrected chi connectivity index (χ2v) is 6.93. The number of benzene rings is 3. The molecule has 0 bridgehead atoms. The Kier molecular flexibility index (Phi) is 7.71. The first-order valence-corrected chi connectivity index (χ1v) is 9.67. The van der Waals surface area contributed by atoms with Gasteiger partial charge in [-0.1, -0.05) is 48.5 Å². The smallest absolute Gasteiger partial charge is 0.123 e. The molecule has 0 spiro atoms. The van der Waals surface area contributed by atoms with Crippen molar-refractivity contribution in [3.8, 4) is 0 Å². The standard InChI is InChI=1S/C24H26F2N2/c25-23-8-4-19(5-9-23)12-14-27-17-21-2-1-3-22(16-21)18-28-15-13-20-6-10-24(26)11-7-20/h1-11,16,27-28H,12-15,17-18H2. The van der Waals surface area contributed by atoms with Crippen LogP contribution in [0.3, 0.4) is 0 Å². The highest BCUT2D eigenvalue weighted by atomic mass is 19.1. The first-order valence-electron chi connectivity index (χ1n) is 9.67. The molecule has 0 aliphatic carbocycles. The molecule has 2 N–H and O–H groups in total. The van der Waals surface area contributed by atoms with Crippen molar-refractivity contribution in [1.82, 2.24) is 10.6 Å². The minimum atomic E-state index is -0.195. The van der Waals surface area contributed by atoms with E-state index in [4.69, 9.17) is 0 Å². The predicted molar refractivity (Wildman–Crippen MR) is 110 cm³/mol. The number of rotatable bonds is 10. The molecule has 0 atom stereocenters. The SMILES string of the molecule is Fc1ccc(CCNCc2cccc(CNCCc3ccc(F)cc3)c2)cc1. The molecule has 0 heterocycles. The van der Waals surface area contributed by atoms with E-state index in [1.54, 1.807) is 0 Å². The molecule has 0 saturated heterocycles. The van der Waals surface area contributed by atoms with E-state index in [1.165, 1.54) is 35.4 Å². The molecule has 0 aromatic heterocycles. The maximum Gasteiger partial charge on any atom is 0.123 e. The molecule has 3 rings (SSSR count). The zero-order valence-corrected chi connectivity index (χ0v) is 15.9. The molecule has 0 aliphatic heterocycles. The maximum absolute atomic E-state index is 12.9. The normalized spacial score (nSPS) is 10.9. The Morgan fingerprint density at radius 2 is 0.964 bits per heavy atom. The van der Waals surface area contributed by atoms with Crippen LogP contribution < -0.4 is 10.6 Å². The van der Waals surface area contributed by atoms with Crippen LogP contribution in [-0.2, 0) is 25.9 Å². The van der Waals surface area contributed by atoms with Crippen LogP contribution in [0.15, 0.2) is 72.8 Å². The number of hydrogen-bond acceptors (Lipinski definition) is 2. The van der Waals surface area contributed by atoms with Gasteiger partial charge < -0.3 is 10.6 Å². The zero-order chi connectivity index (χ0) is 19.6. The lowest BCUT2D eigenvalue weighted by Gasteiger charge is -2.09. The summed E-state index contributed by atoms with van der Waals surface area (Å²) in [5.41, 5.74) is 4.76. The van der Waals surface area contributed by atoms with E-state index >= 15 is 0 Å². The minimum absolute atomic E-state index is 0.195. The van der Waals surface area contributed by atoms with Gasteiger partial charge in [-0.3, -0.25) is 0 Å². The first kappa shape index (κ1) is 20.2. The second kappa shape index (κ2) is 10.7. The first-order chi connectivity index (χ1) is 13.7. The van der Waals surface area contributed by atoms with Crippen LogP contribution in [0.2, 0.25) is 0 Å². The molecule has 4 heteroatoms. The van der Waals surface area contributed by atoms with E-state index in [-0.39, 0.29) is 11.6 Å². The Balaban J connectivity index is 1.36. The summed E-state index contributed by atoms with van der Waals surface area (Å²) in [6.45, 7) is 3.33. The topological polar surface area (TPSA) is 24.1 Å². The summed E-state index contributed by atoms with van der Waals surface area (Å²) in [6, 6.07) is 21.8. The largest absolute Gasteiger partial charge is 0.312 e. The van der Waals surface area contributed by atoms with Crippen LogP contribution in [-0.4, -0.2) is 13.1 Å². The molecule has 3 aromatic rings. The Morgan fingerprint density at radius 1 is 0.536 bits per heavy atom. The van der Waals surface area contributed by atoms with E-state index in [9.17, 15) is 8.78 Å². The Bertz CT molecular complexity index is 776. The van der Waals surface area contributed by atoms with Crippen LogP contribution in [0.1, 0.15) is 22.3 Å². The van der Waals surface area contributed by atoms with Crippen LogP contribution in [0.25, 0.3) is 0 Å². The molecule has 0 amide bonds. The van der Waals surface area contributed by atoms with Crippen molar-refractivity contribution in [1.29, 1.82) is 0 Å². The Morgan fingerprint density at radius 3 is 1.39 bits per heavy atom. The second-order valence-electron chi connectivity index (χ2n) is 6.93. The van der Waals surface area contributed by atoms with Gasteiger partial charge in [0, 0.05) is 13.1 Å². The molecule has 0 radical (unpaired) electrons. The van der Waals surface area contributed by atoms with Gasteiger partial charge in [0.2, 0.25) is 0 Å². The van der Waals surface area contributed by atoms with E-state index in [0.717, 1.165) is 50.1 Å². The zero-order valence-electron chi connectivity index (χ0n) is 15.9. The molecule has 28 heavy (non-hydrogen) atoms.